The van der Waals surface area contributed by atoms with E-state index in [0.717, 1.165) is 29.7 Å². The van der Waals surface area contributed by atoms with Crippen LogP contribution in [0.3, 0.4) is 0 Å². The van der Waals surface area contributed by atoms with Gasteiger partial charge in [-0.3, -0.25) is 0 Å². The number of aliphatic hydroxyl groups is 1. The lowest BCUT2D eigenvalue weighted by Gasteiger charge is -2.13. The minimum absolute atomic E-state index is 0.145. The fourth-order valence-corrected chi connectivity index (χ4v) is 2.04. The summed E-state index contributed by atoms with van der Waals surface area (Å²) in [5.74, 6) is -4.14. The maximum Gasteiger partial charge on any atom is 0.194 e. The minimum Gasteiger partial charge on any atom is -0.388 e. The van der Waals surface area contributed by atoms with E-state index in [1.165, 1.54) is 0 Å². The van der Waals surface area contributed by atoms with Gasteiger partial charge in [-0.1, -0.05) is 37.3 Å². The van der Waals surface area contributed by atoms with Crippen molar-refractivity contribution in [3.05, 3.63) is 70.5 Å². The van der Waals surface area contributed by atoms with Crippen molar-refractivity contribution in [1.82, 2.24) is 0 Å². The molecule has 0 aliphatic rings. The second-order valence-corrected chi connectivity index (χ2v) is 4.65. The van der Waals surface area contributed by atoms with E-state index in [1.54, 1.807) is 0 Å². The van der Waals surface area contributed by atoms with E-state index >= 15 is 0 Å². The molecule has 0 aliphatic carbocycles. The summed E-state index contributed by atoms with van der Waals surface area (Å²) in [7, 11) is 0. The van der Waals surface area contributed by atoms with Crippen LogP contribution in [0.15, 0.2) is 36.4 Å². The second kappa shape index (κ2) is 6.09. The van der Waals surface area contributed by atoms with Crippen LogP contribution in [0.25, 0.3) is 0 Å². The molecule has 106 valence electrons. The summed E-state index contributed by atoms with van der Waals surface area (Å²) in [6.45, 7) is 2.03. The smallest absolute Gasteiger partial charge is 0.194 e. The molecule has 2 aromatic carbocycles. The maximum absolute atomic E-state index is 13.6. The Morgan fingerprint density at radius 2 is 1.50 bits per heavy atom. The molecule has 2 rings (SSSR count). The summed E-state index contributed by atoms with van der Waals surface area (Å²) in [6.07, 6.45) is -0.162. The van der Waals surface area contributed by atoms with Gasteiger partial charge in [0.1, 0.15) is 0 Å². The first-order valence-electron chi connectivity index (χ1n) is 6.42. The molecule has 0 saturated carbocycles. The third-order valence-electron chi connectivity index (χ3n) is 3.28. The summed E-state index contributed by atoms with van der Waals surface area (Å²) in [4.78, 5) is 0. The van der Waals surface area contributed by atoms with Crippen molar-refractivity contribution in [2.75, 3.05) is 0 Å². The predicted octanol–water partition coefficient (Wildman–Crippen LogP) is 3.94. The van der Waals surface area contributed by atoms with Crippen LogP contribution in [-0.4, -0.2) is 5.11 Å². The monoisotopic (exact) mass is 280 g/mol. The minimum atomic E-state index is -1.55. The summed E-state index contributed by atoms with van der Waals surface area (Å²) in [6, 6.07) is 9.39. The first-order valence-corrected chi connectivity index (χ1v) is 6.42. The van der Waals surface area contributed by atoms with Gasteiger partial charge in [0.15, 0.2) is 17.5 Å². The van der Waals surface area contributed by atoms with Crippen LogP contribution in [0.5, 0.6) is 0 Å². The zero-order valence-electron chi connectivity index (χ0n) is 11.0. The molecular weight excluding hydrogens is 265 g/mol. The number of benzene rings is 2. The molecule has 20 heavy (non-hydrogen) atoms. The van der Waals surface area contributed by atoms with Crippen molar-refractivity contribution in [1.29, 1.82) is 0 Å². The van der Waals surface area contributed by atoms with Gasteiger partial charge in [-0.15, -0.1) is 0 Å². The van der Waals surface area contributed by atoms with Crippen molar-refractivity contribution in [2.45, 2.75) is 25.9 Å². The summed E-state index contributed by atoms with van der Waals surface area (Å²) < 4.78 is 39.5. The molecule has 0 amide bonds. The first-order chi connectivity index (χ1) is 9.52. The molecular formula is C16H15F3O. The van der Waals surface area contributed by atoms with E-state index in [1.807, 2.05) is 31.2 Å². The molecule has 1 N–H and O–H groups in total. The number of aryl methyl sites for hydroxylation is 1. The van der Waals surface area contributed by atoms with E-state index in [-0.39, 0.29) is 12.0 Å². The van der Waals surface area contributed by atoms with E-state index in [0.29, 0.717) is 0 Å². The predicted molar refractivity (Wildman–Crippen MR) is 70.8 cm³/mol. The van der Waals surface area contributed by atoms with Crippen LogP contribution in [0.1, 0.15) is 29.7 Å². The summed E-state index contributed by atoms with van der Waals surface area (Å²) >= 11 is 0. The second-order valence-electron chi connectivity index (χ2n) is 4.65. The zero-order chi connectivity index (χ0) is 14.7. The van der Waals surface area contributed by atoms with Gasteiger partial charge in [-0.2, -0.15) is 0 Å². The Morgan fingerprint density at radius 1 is 0.900 bits per heavy atom. The number of hydrogen-bond acceptors (Lipinski definition) is 1. The number of halogens is 3. The topological polar surface area (TPSA) is 20.2 Å². The van der Waals surface area contributed by atoms with Crippen LogP contribution in [-0.2, 0) is 12.8 Å². The van der Waals surface area contributed by atoms with Gasteiger partial charge >= 0.3 is 0 Å². The molecule has 0 spiro atoms. The van der Waals surface area contributed by atoms with Crippen molar-refractivity contribution >= 4 is 0 Å². The highest BCUT2D eigenvalue weighted by Gasteiger charge is 2.19. The van der Waals surface area contributed by atoms with Gasteiger partial charge in [0, 0.05) is 12.0 Å². The number of rotatable bonds is 4. The van der Waals surface area contributed by atoms with E-state index < -0.39 is 23.6 Å². The Balaban J connectivity index is 2.19. The molecule has 0 aliphatic heterocycles. The standard InChI is InChI=1S/C16H15F3O/c1-2-10-3-5-11(6-4-10)9-14(20)12-7-8-13(17)16(19)15(12)18/h3-8,14,20H,2,9H2,1H3. The molecule has 0 saturated heterocycles. The molecule has 0 bridgehead atoms. The summed E-state index contributed by atoms with van der Waals surface area (Å²) in [5, 5.41) is 9.97. The van der Waals surface area contributed by atoms with Gasteiger partial charge in [0.25, 0.3) is 0 Å². The maximum atomic E-state index is 13.6. The Kier molecular flexibility index (Phi) is 4.45. The van der Waals surface area contributed by atoms with Crippen LogP contribution in [0.4, 0.5) is 13.2 Å². The SMILES string of the molecule is CCc1ccc(CC(O)c2ccc(F)c(F)c2F)cc1. The summed E-state index contributed by atoms with van der Waals surface area (Å²) in [5.41, 5.74) is 1.73. The highest BCUT2D eigenvalue weighted by atomic mass is 19.2. The highest BCUT2D eigenvalue weighted by molar-refractivity contribution is 5.27. The lowest BCUT2D eigenvalue weighted by Crippen LogP contribution is -2.07. The van der Waals surface area contributed by atoms with Gasteiger partial charge in [-0.05, 0) is 23.6 Å². The quantitative estimate of drug-likeness (QED) is 0.841. The molecule has 0 aromatic heterocycles. The lowest BCUT2D eigenvalue weighted by molar-refractivity contribution is 0.172. The normalized spacial score (nSPS) is 12.4. The molecule has 1 nitrogen and oxygen atoms in total. The average Bonchev–Trinajstić information content (AvgIpc) is 2.45. The van der Waals surface area contributed by atoms with Crippen molar-refractivity contribution < 1.29 is 18.3 Å². The third kappa shape index (κ3) is 3.02. The van der Waals surface area contributed by atoms with Gasteiger partial charge in [-0.25, -0.2) is 13.2 Å². The van der Waals surface area contributed by atoms with Gasteiger partial charge < -0.3 is 5.11 Å². The van der Waals surface area contributed by atoms with Crippen LogP contribution in [0.2, 0.25) is 0 Å². The van der Waals surface area contributed by atoms with Crippen LogP contribution in [0, 0.1) is 17.5 Å². The molecule has 0 fully saturated rings. The van der Waals surface area contributed by atoms with Gasteiger partial charge in [0.2, 0.25) is 0 Å². The first kappa shape index (κ1) is 14.6. The molecule has 1 atom stereocenters. The van der Waals surface area contributed by atoms with E-state index in [9.17, 15) is 18.3 Å². The lowest BCUT2D eigenvalue weighted by atomic mass is 9.99. The molecule has 4 heteroatoms. The van der Waals surface area contributed by atoms with Crippen LogP contribution < -0.4 is 0 Å². The average molecular weight is 280 g/mol. The van der Waals surface area contributed by atoms with Crippen molar-refractivity contribution in [2.24, 2.45) is 0 Å². The van der Waals surface area contributed by atoms with E-state index in [2.05, 4.69) is 0 Å². The molecule has 0 heterocycles. The molecule has 2 aromatic rings. The van der Waals surface area contributed by atoms with E-state index in [4.69, 9.17) is 0 Å². The zero-order valence-corrected chi connectivity index (χ0v) is 11.0. The molecule has 1 unspecified atom stereocenters. The Morgan fingerprint density at radius 3 is 2.10 bits per heavy atom. The van der Waals surface area contributed by atoms with Gasteiger partial charge in [0.05, 0.1) is 6.10 Å². The Bertz CT molecular complexity index is 593. The fraction of sp³-hybridized carbons (Fsp3) is 0.250. The van der Waals surface area contributed by atoms with Crippen LogP contribution >= 0.6 is 0 Å². The Labute approximate surface area is 115 Å². The number of hydrogen-bond donors (Lipinski definition) is 1. The largest absolute Gasteiger partial charge is 0.388 e. The van der Waals surface area contributed by atoms with Crippen molar-refractivity contribution in [3.8, 4) is 0 Å². The van der Waals surface area contributed by atoms with Crippen molar-refractivity contribution in [3.63, 3.8) is 0 Å². The fourth-order valence-electron chi connectivity index (χ4n) is 2.04. The highest BCUT2D eigenvalue weighted by Crippen LogP contribution is 2.24. The Hall–Kier alpha value is -1.81. The third-order valence-corrected chi connectivity index (χ3v) is 3.28. The molecule has 0 radical (unpaired) electrons. The number of aliphatic hydroxyl groups excluding tert-OH is 1.